The van der Waals surface area contributed by atoms with Crippen LogP contribution in [0.3, 0.4) is 0 Å². The fourth-order valence-electron chi connectivity index (χ4n) is 2.24. The summed E-state index contributed by atoms with van der Waals surface area (Å²) >= 11 is 12.4. The monoisotopic (exact) mass is 357 g/mol. The van der Waals surface area contributed by atoms with Gasteiger partial charge in [-0.2, -0.15) is 0 Å². The molecule has 1 aromatic carbocycles. The molecule has 0 saturated carbocycles. The topological polar surface area (TPSA) is 64.6 Å². The maximum atomic E-state index is 11.9. The summed E-state index contributed by atoms with van der Waals surface area (Å²) in [5.41, 5.74) is 0.704. The third-order valence-corrected chi connectivity index (χ3v) is 3.91. The van der Waals surface area contributed by atoms with Gasteiger partial charge >= 0.3 is 5.97 Å². The second kappa shape index (κ2) is 8.22. The molecule has 1 N–H and O–H groups in total. The molecule has 0 aromatic heterocycles. The molecule has 124 valence electrons. The van der Waals surface area contributed by atoms with Crippen LogP contribution < -0.4 is 10.1 Å². The van der Waals surface area contributed by atoms with E-state index >= 15 is 0 Å². The van der Waals surface area contributed by atoms with Gasteiger partial charge in [0.05, 0.1) is 17.2 Å². The number of hydrogen-bond acceptors (Lipinski definition) is 4. The van der Waals surface area contributed by atoms with E-state index in [1.807, 2.05) is 6.08 Å². The van der Waals surface area contributed by atoms with E-state index in [-0.39, 0.29) is 18.7 Å². The highest BCUT2D eigenvalue weighted by atomic mass is 35.5. The van der Waals surface area contributed by atoms with E-state index in [0.29, 0.717) is 34.4 Å². The zero-order valence-corrected chi connectivity index (χ0v) is 14.1. The first-order valence-corrected chi connectivity index (χ1v) is 7.89. The number of fused-ring (bicyclic) bond motifs is 10. The summed E-state index contributed by atoms with van der Waals surface area (Å²) in [6.07, 6.45) is 4.67. The van der Waals surface area contributed by atoms with Gasteiger partial charge in [-0.3, -0.25) is 4.79 Å². The maximum Gasteiger partial charge on any atom is 0.328 e. The number of rotatable bonds is 1. The number of methoxy groups -OCH3 is 1. The van der Waals surface area contributed by atoms with Crippen molar-refractivity contribution in [3.63, 3.8) is 0 Å². The van der Waals surface area contributed by atoms with Crippen LogP contribution in [0.1, 0.15) is 18.4 Å². The quantitative estimate of drug-likeness (QED) is 0.619. The first-order chi connectivity index (χ1) is 11.0. The summed E-state index contributed by atoms with van der Waals surface area (Å²) < 4.78 is 10.3. The van der Waals surface area contributed by atoms with Crippen LogP contribution in [0, 0.1) is 0 Å². The molecular formula is C16H17Cl2NO4. The second-order valence-electron chi connectivity index (χ2n) is 5.06. The standard InChI is InChI=1S/C16H17Cl2NO4/c1-22-16(21)13-9-10-7-11(17)15(12(18)8-10)23-6-4-2-3-5-14(20)19-13/h2,4,7-8,13H,3,5-6,9H2,1H3,(H,19,20)/b4-2+/t13-/m0/s1. The lowest BCUT2D eigenvalue weighted by Gasteiger charge is -2.18. The van der Waals surface area contributed by atoms with Crippen molar-refractivity contribution in [2.45, 2.75) is 25.3 Å². The number of benzene rings is 1. The molecule has 0 aliphatic carbocycles. The lowest BCUT2D eigenvalue weighted by atomic mass is 10.1. The molecular weight excluding hydrogens is 341 g/mol. The zero-order chi connectivity index (χ0) is 16.8. The molecule has 1 atom stereocenters. The molecule has 0 fully saturated rings. The van der Waals surface area contributed by atoms with E-state index in [4.69, 9.17) is 32.7 Å². The van der Waals surface area contributed by atoms with Gasteiger partial charge < -0.3 is 14.8 Å². The predicted octanol–water partition coefficient (Wildman–Crippen LogP) is 2.92. The molecule has 2 heterocycles. The summed E-state index contributed by atoms with van der Waals surface area (Å²) in [5.74, 6) is -0.345. The Bertz CT molecular complexity index is 608. The number of esters is 1. The third-order valence-electron chi connectivity index (χ3n) is 3.35. The Labute approximate surface area is 144 Å². The van der Waals surface area contributed by atoms with Gasteiger partial charge in [-0.25, -0.2) is 4.79 Å². The van der Waals surface area contributed by atoms with Crippen LogP contribution in [-0.4, -0.2) is 31.6 Å². The van der Waals surface area contributed by atoms with Crippen LogP contribution in [0.2, 0.25) is 10.0 Å². The van der Waals surface area contributed by atoms with Gasteiger partial charge in [0.1, 0.15) is 12.6 Å². The van der Waals surface area contributed by atoms with Gasteiger partial charge in [-0.15, -0.1) is 0 Å². The lowest BCUT2D eigenvalue weighted by molar-refractivity contribution is -0.145. The number of amides is 1. The van der Waals surface area contributed by atoms with E-state index in [0.717, 1.165) is 0 Å². The highest BCUT2D eigenvalue weighted by Gasteiger charge is 2.23. The number of nitrogens with one attached hydrogen (secondary N) is 1. The second-order valence-corrected chi connectivity index (χ2v) is 5.87. The highest BCUT2D eigenvalue weighted by molar-refractivity contribution is 6.37. The van der Waals surface area contributed by atoms with Crippen LogP contribution >= 0.6 is 23.2 Å². The molecule has 0 spiro atoms. The van der Waals surface area contributed by atoms with E-state index in [1.54, 1.807) is 18.2 Å². The molecule has 7 heteroatoms. The number of carbonyl (C=O) groups is 2. The fraction of sp³-hybridized carbons (Fsp3) is 0.375. The van der Waals surface area contributed by atoms with Crippen molar-refractivity contribution in [3.8, 4) is 5.75 Å². The minimum absolute atomic E-state index is 0.225. The summed E-state index contributed by atoms with van der Waals surface area (Å²) in [6.45, 7) is 0.311. The number of hydrogen-bond donors (Lipinski definition) is 1. The Hall–Kier alpha value is -1.72. The molecule has 23 heavy (non-hydrogen) atoms. The molecule has 0 unspecified atom stereocenters. The Morgan fingerprint density at radius 3 is 2.65 bits per heavy atom. The Morgan fingerprint density at radius 1 is 1.30 bits per heavy atom. The van der Waals surface area contributed by atoms with Crippen molar-refractivity contribution in [1.29, 1.82) is 0 Å². The van der Waals surface area contributed by atoms with Gasteiger partial charge in [0, 0.05) is 12.8 Å². The van der Waals surface area contributed by atoms with E-state index < -0.39 is 12.0 Å². The van der Waals surface area contributed by atoms with Crippen molar-refractivity contribution in [2.24, 2.45) is 0 Å². The van der Waals surface area contributed by atoms with E-state index in [1.165, 1.54) is 7.11 Å². The van der Waals surface area contributed by atoms with Gasteiger partial charge in [0.15, 0.2) is 5.75 Å². The van der Waals surface area contributed by atoms with Crippen LogP contribution in [0.15, 0.2) is 24.3 Å². The molecule has 2 aliphatic heterocycles. The Morgan fingerprint density at radius 2 is 2.00 bits per heavy atom. The first-order valence-electron chi connectivity index (χ1n) is 7.14. The van der Waals surface area contributed by atoms with Crippen LogP contribution in [-0.2, 0) is 20.7 Å². The van der Waals surface area contributed by atoms with Crippen molar-refractivity contribution < 1.29 is 19.1 Å². The van der Waals surface area contributed by atoms with Crippen molar-refractivity contribution in [2.75, 3.05) is 13.7 Å². The van der Waals surface area contributed by atoms with E-state index in [9.17, 15) is 9.59 Å². The maximum absolute atomic E-state index is 11.9. The smallest absolute Gasteiger partial charge is 0.328 e. The lowest BCUT2D eigenvalue weighted by Crippen LogP contribution is -2.43. The summed E-state index contributed by atoms with van der Waals surface area (Å²) in [4.78, 5) is 23.8. The summed E-state index contributed by atoms with van der Waals surface area (Å²) in [7, 11) is 1.28. The summed E-state index contributed by atoms with van der Waals surface area (Å²) in [5, 5.41) is 3.39. The Kier molecular flexibility index (Phi) is 6.30. The number of carbonyl (C=O) groups excluding carboxylic acids is 2. The normalized spacial score (nSPS) is 20.1. The molecule has 0 radical (unpaired) electrons. The van der Waals surface area contributed by atoms with Gasteiger partial charge in [0.25, 0.3) is 0 Å². The van der Waals surface area contributed by atoms with Gasteiger partial charge in [-0.1, -0.05) is 35.4 Å². The van der Waals surface area contributed by atoms with Crippen LogP contribution in [0.25, 0.3) is 0 Å². The fourth-order valence-corrected chi connectivity index (χ4v) is 2.88. The third kappa shape index (κ3) is 4.88. The van der Waals surface area contributed by atoms with Gasteiger partial charge in [-0.05, 0) is 24.1 Å². The first kappa shape index (κ1) is 17.6. The zero-order valence-electron chi connectivity index (χ0n) is 12.6. The number of halogens is 2. The molecule has 3 rings (SSSR count). The van der Waals surface area contributed by atoms with E-state index in [2.05, 4.69) is 5.32 Å². The number of ether oxygens (including phenoxy) is 2. The minimum atomic E-state index is -0.793. The molecule has 1 amide bonds. The molecule has 0 saturated heterocycles. The molecule has 2 aliphatic rings. The summed E-state index contributed by atoms with van der Waals surface area (Å²) in [6, 6.07) is 2.54. The molecule has 1 aromatic rings. The number of allylic oxidation sites excluding steroid dienone is 1. The van der Waals surface area contributed by atoms with Crippen LogP contribution in [0.4, 0.5) is 0 Å². The Balaban J connectivity index is 2.34. The molecule has 5 nitrogen and oxygen atoms in total. The average Bonchev–Trinajstić information content (AvgIpc) is 2.50. The predicted molar refractivity (Wildman–Crippen MR) is 88.0 cm³/mol. The average molecular weight is 358 g/mol. The molecule has 2 bridgehead atoms. The minimum Gasteiger partial charge on any atom is -0.486 e. The van der Waals surface area contributed by atoms with Gasteiger partial charge in [0.2, 0.25) is 5.91 Å². The van der Waals surface area contributed by atoms with Crippen molar-refractivity contribution in [3.05, 3.63) is 39.9 Å². The SMILES string of the molecule is COC(=O)[C@@H]1Cc2cc(Cl)c(c(Cl)c2)OC/C=C/CCC(=O)N1. The highest BCUT2D eigenvalue weighted by Crippen LogP contribution is 2.34. The van der Waals surface area contributed by atoms with Crippen LogP contribution in [0.5, 0.6) is 5.75 Å². The van der Waals surface area contributed by atoms with Crippen molar-refractivity contribution >= 4 is 35.1 Å². The largest absolute Gasteiger partial charge is 0.486 e. The van der Waals surface area contributed by atoms with Crippen molar-refractivity contribution in [1.82, 2.24) is 5.32 Å².